The van der Waals surface area contributed by atoms with Gasteiger partial charge in [0.1, 0.15) is 6.10 Å². The van der Waals surface area contributed by atoms with Crippen LogP contribution in [0, 0.1) is 0 Å². The molecular formula is C10H16N2O4. The monoisotopic (exact) mass is 228 g/mol. The van der Waals surface area contributed by atoms with Crippen molar-refractivity contribution in [3.05, 3.63) is 11.8 Å². The maximum Gasteiger partial charge on any atom is 0.408 e. The molecule has 2 amide bonds. The van der Waals surface area contributed by atoms with Crippen LogP contribution in [0.4, 0.5) is 9.59 Å². The molecule has 0 aromatic carbocycles. The fourth-order valence-electron chi connectivity index (χ4n) is 1.46. The third-order valence-corrected chi connectivity index (χ3v) is 2.26. The lowest BCUT2D eigenvalue weighted by atomic mass is 10.3. The van der Waals surface area contributed by atoms with E-state index in [0.717, 1.165) is 37.8 Å². The molecule has 6 nitrogen and oxygen atoms in total. The highest BCUT2D eigenvalue weighted by Crippen LogP contribution is 2.20. The Morgan fingerprint density at radius 2 is 2.00 bits per heavy atom. The molecule has 0 unspecified atom stereocenters. The predicted octanol–water partition coefficient (Wildman–Crippen LogP) is 1.57. The molecule has 4 N–H and O–H groups in total. The molecule has 2 aliphatic carbocycles. The minimum atomic E-state index is -0.969. The summed E-state index contributed by atoms with van der Waals surface area (Å²) in [7, 11) is 0. The first-order valence-corrected chi connectivity index (χ1v) is 5.23. The fourth-order valence-corrected chi connectivity index (χ4v) is 1.46. The summed E-state index contributed by atoms with van der Waals surface area (Å²) in [5, 5.41) is 10.2. The lowest BCUT2D eigenvalue weighted by molar-refractivity contribution is 0.110. The average molecular weight is 228 g/mol. The lowest BCUT2D eigenvalue weighted by Crippen LogP contribution is -2.19. The van der Waals surface area contributed by atoms with Crippen molar-refractivity contribution >= 4 is 12.2 Å². The zero-order valence-corrected chi connectivity index (χ0v) is 8.94. The largest absolute Gasteiger partial charge is 0.465 e. The van der Waals surface area contributed by atoms with Crippen molar-refractivity contribution in [3.8, 4) is 0 Å². The molecule has 0 bridgehead atoms. The van der Waals surface area contributed by atoms with Crippen molar-refractivity contribution in [3.63, 3.8) is 0 Å². The van der Waals surface area contributed by atoms with Crippen molar-refractivity contribution in [1.29, 1.82) is 0 Å². The van der Waals surface area contributed by atoms with E-state index < -0.39 is 12.2 Å². The number of carbonyl (C=O) groups is 2. The molecule has 0 radical (unpaired) electrons. The van der Waals surface area contributed by atoms with Crippen molar-refractivity contribution in [2.24, 2.45) is 5.73 Å². The van der Waals surface area contributed by atoms with Crippen molar-refractivity contribution < 1.29 is 19.4 Å². The smallest absolute Gasteiger partial charge is 0.408 e. The van der Waals surface area contributed by atoms with Crippen LogP contribution in [0.3, 0.4) is 0 Å². The lowest BCUT2D eigenvalue weighted by Gasteiger charge is -2.06. The summed E-state index contributed by atoms with van der Waals surface area (Å²) >= 11 is 0. The Morgan fingerprint density at radius 1 is 1.44 bits per heavy atom. The Bertz CT molecular complexity index is 295. The summed E-state index contributed by atoms with van der Waals surface area (Å²) in [5.74, 6) is 0. The van der Waals surface area contributed by atoms with Crippen LogP contribution in [0.25, 0.3) is 0 Å². The molecular weight excluding hydrogens is 212 g/mol. The fraction of sp³-hybridized carbons (Fsp3) is 0.600. The number of primary amides is 1. The number of amides is 2. The normalized spacial score (nSPS) is 17.9. The maximum atomic E-state index is 10.2. The second kappa shape index (κ2) is 5.99. The van der Waals surface area contributed by atoms with Gasteiger partial charge in [0.15, 0.2) is 0 Å². The number of carbonyl (C=O) groups excluding carboxylic acids is 1. The summed E-state index contributed by atoms with van der Waals surface area (Å²) in [4.78, 5) is 19.9. The number of carboxylic acid groups (broad SMARTS) is 1. The summed E-state index contributed by atoms with van der Waals surface area (Å²) in [5.41, 5.74) is 5.62. The molecule has 0 heterocycles. The van der Waals surface area contributed by atoms with Gasteiger partial charge in [-0.25, -0.2) is 9.59 Å². The van der Waals surface area contributed by atoms with E-state index in [1.807, 2.05) is 6.08 Å². The Balaban J connectivity index is 0.000000165. The van der Waals surface area contributed by atoms with E-state index in [-0.39, 0.29) is 6.10 Å². The highest BCUT2D eigenvalue weighted by molar-refractivity contribution is 5.68. The van der Waals surface area contributed by atoms with Gasteiger partial charge in [-0.3, -0.25) is 5.32 Å². The van der Waals surface area contributed by atoms with Gasteiger partial charge in [0.2, 0.25) is 0 Å². The van der Waals surface area contributed by atoms with E-state index in [1.165, 1.54) is 0 Å². The Morgan fingerprint density at radius 3 is 2.31 bits per heavy atom. The van der Waals surface area contributed by atoms with Gasteiger partial charge in [-0.2, -0.15) is 0 Å². The molecule has 1 saturated carbocycles. The van der Waals surface area contributed by atoms with E-state index in [2.05, 4.69) is 5.32 Å². The first kappa shape index (κ1) is 12.4. The number of nitrogens with two attached hydrogens (primary N) is 1. The molecule has 0 aliphatic heterocycles. The SMILES string of the molecule is NC(=O)OC1CCCC1.O=C(O)NC1=CC1. The van der Waals surface area contributed by atoms with Crippen molar-refractivity contribution in [2.75, 3.05) is 0 Å². The molecule has 2 aliphatic rings. The third kappa shape index (κ3) is 5.90. The van der Waals surface area contributed by atoms with Crippen molar-refractivity contribution in [1.82, 2.24) is 5.32 Å². The van der Waals surface area contributed by atoms with E-state index in [9.17, 15) is 9.59 Å². The van der Waals surface area contributed by atoms with Crippen LogP contribution in [0.5, 0.6) is 0 Å². The molecule has 0 atom stereocenters. The topological polar surface area (TPSA) is 102 Å². The summed E-state index contributed by atoms with van der Waals surface area (Å²) < 4.78 is 4.75. The molecule has 2 rings (SSSR count). The third-order valence-electron chi connectivity index (χ3n) is 2.26. The molecule has 1 fully saturated rings. The van der Waals surface area contributed by atoms with Gasteiger partial charge in [-0.1, -0.05) is 6.08 Å². The second-order valence-electron chi connectivity index (χ2n) is 3.71. The summed E-state index contributed by atoms with van der Waals surface area (Å²) in [6.07, 6.45) is 5.44. The van der Waals surface area contributed by atoms with Crippen LogP contribution in [-0.4, -0.2) is 23.4 Å². The Hall–Kier alpha value is -1.72. The standard InChI is InChI=1S/C6H11NO2.C4H5NO2/c7-6(8)9-5-3-1-2-4-5;6-4(7)5-3-1-2-3/h5H,1-4H2,(H2,7,8);1,5H,2H2,(H,6,7). The molecule has 16 heavy (non-hydrogen) atoms. The number of allylic oxidation sites excluding steroid dienone is 2. The van der Waals surface area contributed by atoms with Crippen LogP contribution in [-0.2, 0) is 4.74 Å². The number of nitrogens with one attached hydrogen (secondary N) is 1. The molecule has 0 saturated heterocycles. The molecule has 0 aromatic heterocycles. The van der Waals surface area contributed by atoms with Crippen LogP contribution in [0.15, 0.2) is 11.8 Å². The second-order valence-corrected chi connectivity index (χ2v) is 3.71. The Kier molecular flexibility index (Phi) is 4.63. The first-order chi connectivity index (χ1) is 7.58. The van der Waals surface area contributed by atoms with Crippen molar-refractivity contribution in [2.45, 2.75) is 38.2 Å². The van der Waals surface area contributed by atoms with Crippen LogP contribution in [0.2, 0.25) is 0 Å². The predicted molar refractivity (Wildman–Crippen MR) is 56.8 cm³/mol. The van der Waals surface area contributed by atoms with Gasteiger partial charge in [0.25, 0.3) is 0 Å². The molecule has 90 valence electrons. The van der Waals surface area contributed by atoms with E-state index in [0.29, 0.717) is 0 Å². The van der Waals surface area contributed by atoms with Gasteiger partial charge >= 0.3 is 12.2 Å². The molecule has 0 spiro atoms. The zero-order chi connectivity index (χ0) is 12.0. The van der Waals surface area contributed by atoms with Gasteiger partial charge in [0, 0.05) is 12.1 Å². The number of ether oxygens (including phenoxy) is 1. The molecule has 6 heteroatoms. The van der Waals surface area contributed by atoms with Crippen LogP contribution in [0.1, 0.15) is 32.1 Å². The number of rotatable bonds is 2. The quantitative estimate of drug-likeness (QED) is 0.667. The molecule has 0 aromatic rings. The highest BCUT2D eigenvalue weighted by Gasteiger charge is 2.17. The highest BCUT2D eigenvalue weighted by atomic mass is 16.6. The first-order valence-electron chi connectivity index (χ1n) is 5.23. The summed E-state index contributed by atoms with van der Waals surface area (Å²) in [6, 6.07) is 0. The van der Waals surface area contributed by atoms with Gasteiger partial charge < -0.3 is 15.6 Å². The minimum absolute atomic E-state index is 0.113. The van der Waals surface area contributed by atoms with Gasteiger partial charge in [-0.15, -0.1) is 0 Å². The maximum absolute atomic E-state index is 10.2. The minimum Gasteiger partial charge on any atom is -0.465 e. The van der Waals surface area contributed by atoms with E-state index >= 15 is 0 Å². The zero-order valence-electron chi connectivity index (χ0n) is 8.94. The van der Waals surface area contributed by atoms with E-state index in [4.69, 9.17) is 15.6 Å². The van der Waals surface area contributed by atoms with Gasteiger partial charge in [0.05, 0.1) is 0 Å². The van der Waals surface area contributed by atoms with Crippen LogP contribution < -0.4 is 11.1 Å². The Labute approximate surface area is 93.4 Å². The van der Waals surface area contributed by atoms with Crippen LogP contribution >= 0.6 is 0 Å². The van der Waals surface area contributed by atoms with Gasteiger partial charge in [-0.05, 0) is 25.7 Å². The summed E-state index contributed by atoms with van der Waals surface area (Å²) in [6.45, 7) is 0. The number of hydrogen-bond donors (Lipinski definition) is 3. The average Bonchev–Trinajstić information content (AvgIpc) is 2.80. The number of hydrogen-bond acceptors (Lipinski definition) is 3. The van der Waals surface area contributed by atoms with E-state index in [1.54, 1.807) is 0 Å².